The van der Waals surface area contributed by atoms with Crippen molar-refractivity contribution >= 4 is 5.97 Å². The van der Waals surface area contributed by atoms with Gasteiger partial charge in [-0.3, -0.25) is 10.1 Å². The third-order valence-electron chi connectivity index (χ3n) is 6.50. The summed E-state index contributed by atoms with van der Waals surface area (Å²) in [7, 11) is 1.41. The highest BCUT2D eigenvalue weighted by Crippen LogP contribution is 2.51. The Kier molecular flexibility index (Phi) is 6.55. The molecular weight excluding hydrogens is 424 g/mol. The van der Waals surface area contributed by atoms with Gasteiger partial charge in [0.25, 0.3) is 0 Å². The summed E-state index contributed by atoms with van der Waals surface area (Å²) in [6, 6.07) is 26.1. The van der Waals surface area contributed by atoms with E-state index in [1.54, 1.807) is 6.08 Å². The monoisotopic (exact) mass is 452 g/mol. The molecule has 0 spiro atoms. The Morgan fingerprint density at radius 1 is 1.03 bits per heavy atom. The van der Waals surface area contributed by atoms with Gasteiger partial charge in [-0.25, -0.2) is 0 Å². The third kappa shape index (κ3) is 3.98. The van der Waals surface area contributed by atoms with Crippen LogP contribution in [0.1, 0.15) is 30.5 Å². The Morgan fingerprint density at radius 3 is 2.15 bits per heavy atom. The van der Waals surface area contributed by atoms with Gasteiger partial charge in [-0.05, 0) is 33.3 Å². The highest BCUT2D eigenvalue weighted by molar-refractivity contribution is 5.84. The number of hydrogen-bond acceptors (Lipinski definition) is 4. The van der Waals surface area contributed by atoms with Gasteiger partial charge in [-0.2, -0.15) is 0 Å². The maximum atomic E-state index is 13.2. The van der Waals surface area contributed by atoms with Crippen LogP contribution in [-0.4, -0.2) is 25.7 Å². The van der Waals surface area contributed by atoms with E-state index in [-0.39, 0.29) is 12.5 Å². The molecule has 0 saturated heterocycles. The molecule has 172 valence electrons. The van der Waals surface area contributed by atoms with E-state index in [0.29, 0.717) is 0 Å². The number of carbonyl (C=O) groups excluding carboxylic acids is 1. The fourth-order valence-corrected chi connectivity index (χ4v) is 4.89. The van der Waals surface area contributed by atoms with E-state index in [1.807, 2.05) is 62.4 Å². The summed E-state index contributed by atoms with van der Waals surface area (Å²) in [6.45, 7) is 4.16. The molecule has 34 heavy (non-hydrogen) atoms. The molecule has 1 aliphatic carbocycles. The molecule has 0 bridgehead atoms. The first-order chi connectivity index (χ1) is 16.5. The molecule has 0 aliphatic heterocycles. The van der Waals surface area contributed by atoms with Crippen LogP contribution in [-0.2, 0) is 15.1 Å². The lowest BCUT2D eigenvalue weighted by Gasteiger charge is -2.41. The minimum absolute atomic E-state index is 0.212. The van der Waals surface area contributed by atoms with Gasteiger partial charge >= 0.3 is 5.97 Å². The number of azide groups is 1. The molecule has 1 aliphatic rings. The summed E-state index contributed by atoms with van der Waals surface area (Å²) in [5, 5.41) is 7.34. The van der Waals surface area contributed by atoms with Gasteiger partial charge in [-0.15, -0.1) is 0 Å². The molecule has 0 amide bonds. The average molecular weight is 453 g/mol. The van der Waals surface area contributed by atoms with E-state index in [9.17, 15) is 4.79 Å². The molecule has 0 fully saturated rings. The maximum Gasteiger partial charge on any atom is 0.323 e. The quantitative estimate of drug-likeness (QED) is 0.150. The first-order valence-corrected chi connectivity index (χ1v) is 11.2. The van der Waals surface area contributed by atoms with Crippen LogP contribution >= 0.6 is 0 Å². The van der Waals surface area contributed by atoms with Crippen molar-refractivity contribution in [3.63, 3.8) is 0 Å². The minimum Gasteiger partial charge on any atom is -0.468 e. The van der Waals surface area contributed by atoms with Crippen LogP contribution in [0.3, 0.4) is 0 Å². The Hall–Kier alpha value is -3.86. The molecule has 3 aromatic rings. The van der Waals surface area contributed by atoms with Gasteiger partial charge in [0.1, 0.15) is 6.04 Å². The Labute approximate surface area is 199 Å². The predicted octanol–water partition coefficient (Wildman–Crippen LogP) is 5.98. The second-order valence-electron chi connectivity index (χ2n) is 8.94. The van der Waals surface area contributed by atoms with E-state index < -0.39 is 17.0 Å². The van der Waals surface area contributed by atoms with Gasteiger partial charge in [-0.1, -0.05) is 110 Å². The fourth-order valence-electron chi connectivity index (χ4n) is 4.89. The SMILES string of the molecule is COC(=O)[C@H](NC1(c2ccccc2)c2ccccc2-c2ccccc21)C(C)(C)/C=C/CN=[N+]=[N-]. The number of ether oxygens (including phenoxy) is 1. The van der Waals surface area contributed by atoms with Crippen LogP contribution in [0.5, 0.6) is 0 Å². The summed E-state index contributed by atoms with van der Waals surface area (Å²) < 4.78 is 5.28. The molecule has 1 atom stereocenters. The molecule has 4 rings (SSSR count). The third-order valence-corrected chi connectivity index (χ3v) is 6.50. The molecule has 6 heteroatoms. The van der Waals surface area contributed by atoms with Crippen LogP contribution < -0.4 is 5.32 Å². The average Bonchev–Trinajstić information content (AvgIpc) is 3.16. The molecule has 3 aromatic carbocycles. The zero-order chi connectivity index (χ0) is 24.2. The molecular formula is C28H28N4O2. The number of rotatable bonds is 8. The van der Waals surface area contributed by atoms with E-state index in [4.69, 9.17) is 10.3 Å². The van der Waals surface area contributed by atoms with E-state index in [1.165, 1.54) is 7.11 Å². The normalized spacial score (nSPS) is 14.7. The van der Waals surface area contributed by atoms with Crippen LogP contribution in [0.15, 0.2) is 96.1 Å². The molecule has 6 nitrogen and oxygen atoms in total. The maximum absolute atomic E-state index is 13.2. The van der Waals surface area contributed by atoms with Crippen molar-refractivity contribution in [1.29, 1.82) is 0 Å². The number of methoxy groups -OCH3 is 1. The molecule has 0 heterocycles. The highest BCUT2D eigenvalue weighted by Gasteiger charge is 2.49. The van der Waals surface area contributed by atoms with Crippen molar-refractivity contribution in [2.75, 3.05) is 13.7 Å². The van der Waals surface area contributed by atoms with Crippen molar-refractivity contribution in [2.24, 2.45) is 10.5 Å². The van der Waals surface area contributed by atoms with Gasteiger partial charge in [0.15, 0.2) is 0 Å². The van der Waals surface area contributed by atoms with Gasteiger partial charge in [0.2, 0.25) is 0 Å². The lowest BCUT2D eigenvalue weighted by molar-refractivity contribution is -0.146. The van der Waals surface area contributed by atoms with Crippen LogP contribution in [0.25, 0.3) is 21.6 Å². The van der Waals surface area contributed by atoms with Crippen molar-refractivity contribution in [1.82, 2.24) is 5.32 Å². The summed E-state index contributed by atoms with van der Waals surface area (Å²) in [6.07, 6.45) is 3.69. The topological polar surface area (TPSA) is 87.1 Å². The standard InChI is InChI=1S/C28H28N4O2/c1-27(2,18-11-19-30-32-29)25(26(33)34-3)31-28(20-12-5-4-6-13-20)23-16-9-7-14-21(23)22-15-8-10-17-24(22)28/h4-18,25,31H,19H2,1-3H3/b18-11+/t25-/m0/s1. The number of hydrogen-bond donors (Lipinski definition) is 1. The second kappa shape index (κ2) is 9.56. The first kappa shape index (κ1) is 23.3. The number of carbonyl (C=O) groups is 1. The van der Waals surface area contributed by atoms with E-state index >= 15 is 0 Å². The van der Waals surface area contributed by atoms with Crippen molar-refractivity contribution in [3.05, 3.63) is 118 Å². The largest absolute Gasteiger partial charge is 0.468 e. The number of esters is 1. The summed E-state index contributed by atoms with van der Waals surface area (Å²) in [5.41, 5.74) is 12.7. The number of fused-ring (bicyclic) bond motifs is 3. The highest BCUT2D eigenvalue weighted by atomic mass is 16.5. The second-order valence-corrected chi connectivity index (χ2v) is 8.94. The van der Waals surface area contributed by atoms with Gasteiger partial charge in [0.05, 0.1) is 12.6 Å². The van der Waals surface area contributed by atoms with Gasteiger partial charge in [0, 0.05) is 16.9 Å². The summed E-state index contributed by atoms with van der Waals surface area (Å²) in [4.78, 5) is 16.0. The van der Waals surface area contributed by atoms with E-state index in [2.05, 4.69) is 51.7 Å². The Morgan fingerprint density at radius 2 is 1.59 bits per heavy atom. The minimum atomic E-state index is -0.761. The van der Waals surface area contributed by atoms with Crippen molar-refractivity contribution in [3.8, 4) is 11.1 Å². The molecule has 0 radical (unpaired) electrons. The summed E-state index contributed by atoms with van der Waals surface area (Å²) >= 11 is 0. The zero-order valence-electron chi connectivity index (χ0n) is 19.6. The lowest BCUT2D eigenvalue weighted by atomic mass is 9.76. The lowest BCUT2D eigenvalue weighted by Crippen LogP contribution is -2.57. The van der Waals surface area contributed by atoms with Crippen molar-refractivity contribution in [2.45, 2.75) is 25.4 Å². The Balaban J connectivity index is 1.94. The van der Waals surface area contributed by atoms with Gasteiger partial charge < -0.3 is 4.74 Å². The van der Waals surface area contributed by atoms with Crippen molar-refractivity contribution < 1.29 is 9.53 Å². The smallest absolute Gasteiger partial charge is 0.323 e. The van der Waals surface area contributed by atoms with E-state index in [0.717, 1.165) is 27.8 Å². The first-order valence-electron chi connectivity index (χ1n) is 11.2. The predicted molar refractivity (Wildman–Crippen MR) is 134 cm³/mol. The molecule has 1 N–H and O–H groups in total. The Bertz CT molecular complexity index is 1210. The van der Waals surface area contributed by atoms with Crippen LogP contribution in [0.2, 0.25) is 0 Å². The zero-order valence-corrected chi connectivity index (χ0v) is 19.6. The molecule has 0 saturated carbocycles. The van der Waals surface area contributed by atoms with Crippen LogP contribution in [0.4, 0.5) is 0 Å². The fraction of sp³-hybridized carbons (Fsp3) is 0.250. The number of benzene rings is 3. The number of nitrogens with one attached hydrogen (secondary N) is 1. The molecule has 0 aromatic heterocycles. The summed E-state index contributed by atoms with van der Waals surface area (Å²) in [5.74, 6) is -0.365. The number of nitrogens with zero attached hydrogens (tertiary/aromatic N) is 3. The molecule has 0 unspecified atom stereocenters. The van der Waals surface area contributed by atoms with Crippen LogP contribution in [0, 0.1) is 5.41 Å².